The molecule has 3 atom stereocenters. The summed E-state index contributed by atoms with van der Waals surface area (Å²) in [6, 6.07) is 0. The fourth-order valence-electron chi connectivity index (χ4n) is 5.43. The highest BCUT2D eigenvalue weighted by atomic mass is 16.5. The highest BCUT2D eigenvalue weighted by molar-refractivity contribution is 5.80. The maximum Gasteiger partial charge on any atom is 0.226 e. The van der Waals surface area contributed by atoms with E-state index in [1.165, 1.54) is 5.56 Å². The molecule has 2 heterocycles. The van der Waals surface area contributed by atoms with Gasteiger partial charge in [0.15, 0.2) is 0 Å². The van der Waals surface area contributed by atoms with Crippen LogP contribution in [0, 0.1) is 17.3 Å². The molecule has 1 amide bonds. The number of aromatic amines is 1. The number of likely N-dealkylation sites (N-methyl/N-ethyl adjacent to an activating group) is 2. The number of nitrogens with one attached hydrogen (secondary N) is 3. The maximum absolute atomic E-state index is 13.2. The van der Waals surface area contributed by atoms with Crippen molar-refractivity contribution in [2.45, 2.75) is 71.4 Å². The fourth-order valence-corrected chi connectivity index (χ4v) is 5.43. The predicted octanol–water partition coefficient (Wildman–Crippen LogP) is 2.73. The molecule has 3 N–H and O–H groups in total. The van der Waals surface area contributed by atoms with Gasteiger partial charge in [-0.2, -0.15) is 5.10 Å². The van der Waals surface area contributed by atoms with Crippen LogP contribution in [0.15, 0.2) is 6.20 Å². The van der Waals surface area contributed by atoms with Crippen LogP contribution in [-0.4, -0.2) is 66.9 Å². The Hall–Kier alpha value is -1.44. The summed E-state index contributed by atoms with van der Waals surface area (Å²) in [7, 11) is 4.13. The van der Waals surface area contributed by atoms with Crippen molar-refractivity contribution in [2.75, 3.05) is 40.3 Å². The smallest absolute Gasteiger partial charge is 0.226 e. The van der Waals surface area contributed by atoms with E-state index >= 15 is 0 Å². The second-order valence-electron chi connectivity index (χ2n) is 10.6. The molecule has 31 heavy (non-hydrogen) atoms. The van der Waals surface area contributed by atoms with Gasteiger partial charge in [0.05, 0.1) is 23.8 Å². The number of carbonyl (C=O) groups is 1. The standard InChI is InChI=1S/C24H43N5O2/c1-6-9-26-22(30)20-12-18(7-8-24(20)16-23(2,3)17-31-24)13-21-19(14-27-28-21)15-29(5)11-10-25-4/h14,18,20,25H,6-13,15-17H2,1-5H3,(H,26,30)(H,27,28)/t18-,20?,24-/m1/s1. The molecule has 7 nitrogen and oxygen atoms in total. The SMILES string of the molecule is CCCNC(=O)C1C[C@H](Cc2n[nH]cc2CN(C)CCNC)CC[C@@]12CC(C)(C)CO2. The van der Waals surface area contributed by atoms with Crippen LogP contribution in [0.25, 0.3) is 0 Å². The summed E-state index contributed by atoms with van der Waals surface area (Å²) in [5.41, 5.74) is 2.27. The number of H-pyrrole nitrogens is 1. The zero-order valence-electron chi connectivity index (χ0n) is 20.2. The second-order valence-corrected chi connectivity index (χ2v) is 10.6. The summed E-state index contributed by atoms with van der Waals surface area (Å²) in [5, 5.41) is 14.0. The number of carbonyl (C=O) groups excluding carboxylic acids is 1. The Bertz CT molecular complexity index is 719. The normalized spacial score (nSPS) is 27.8. The molecule has 1 aromatic rings. The van der Waals surface area contributed by atoms with Gasteiger partial charge in [-0.3, -0.25) is 9.89 Å². The average Bonchev–Trinajstić information content (AvgIpc) is 3.29. The van der Waals surface area contributed by atoms with Gasteiger partial charge in [0.2, 0.25) is 5.91 Å². The van der Waals surface area contributed by atoms with E-state index in [-0.39, 0.29) is 22.8 Å². The van der Waals surface area contributed by atoms with Gasteiger partial charge in [0, 0.05) is 37.9 Å². The molecule has 1 aliphatic heterocycles. The highest BCUT2D eigenvalue weighted by Crippen LogP contribution is 2.51. The Labute approximate surface area is 188 Å². The number of aromatic nitrogens is 2. The van der Waals surface area contributed by atoms with Crippen molar-refractivity contribution in [3.63, 3.8) is 0 Å². The van der Waals surface area contributed by atoms with Gasteiger partial charge in [-0.25, -0.2) is 0 Å². The summed E-state index contributed by atoms with van der Waals surface area (Å²) in [6.45, 7) is 11.0. The van der Waals surface area contributed by atoms with E-state index in [2.05, 4.69) is 53.5 Å². The van der Waals surface area contributed by atoms with Crippen molar-refractivity contribution in [3.05, 3.63) is 17.5 Å². The van der Waals surface area contributed by atoms with Gasteiger partial charge in [0.1, 0.15) is 0 Å². The van der Waals surface area contributed by atoms with Crippen molar-refractivity contribution < 1.29 is 9.53 Å². The van der Waals surface area contributed by atoms with Crippen molar-refractivity contribution in [1.82, 2.24) is 25.7 Å². The van der Waals surface area contributed by atoms with Gasteiger partial charge in [-0.05, 0) is 64.0 Å². The number of nitrogens with zero attached hydrogens (tertiary/aromatic N) is 2. The highest BCUT2D eigenvalue weighted by Gasteiger charge is 2.54. The molecule has 1 aromatic heterocycles. The van der Waals surface area contributed by atoms with Crippen molar-refractivity contribution in [1.29, 1.82) is 0 Å². The summed E-state index contributed by atoms with van der Waals surface area (Å²) < 4.78 is 6.41. The number of amides is 1. The topological polar surface area (TPSA) is 82.3 Å². The molecule has 7 heteroatoms. The third kappa shape index (κ3) is 6.08. The third-order valence-electron chi connectivity index (χ3n) is 7.05. The molecule has 3 rings (SSSR count). The first kappa shape index (κ1) is 24.2. The molecule has 1 saturated heterocycles. The molecule has 2 fully saturated rings. The molecular formula is C24H43N5O2. The monoisotopic (exact) mass is 433 g/mol. The Kier molecular flexibility index (Phi) is 8.16. The number of hydrogen-bond donors (Lipinski definition) is 3. The lowest BCUT2D eigenvalue weighted by atomic mass is 9.65. The van der Waals surface area contributed by atoms with Crippen LogP contribution in [-0.2, 0) is 22.5 Å². The van der Waals surface area contributed by atoms with Crippen LogP contribution in [0.5, 0.6) is 0 Å². The first-order valence-corrected chi connectivity index (χ1v) is 12.0. The van der Waals surface area contributed by atoms with Crippen molar-refractivity contribution in [2.24, 2.45) is 17.3 Å². The fraction of sp³-hybridized carbons (Fsp3) is 0.833. The van der Waals surface area contributed by atoms with Crippen LogP contribution in [0.2, 0.25) is 0 Å². The molecule has 0 aromatic carbocycles. The lowest BCUT2D eigenvalue weighted by molar-refractivity contribution is -0.143. The molecule has 1 unspecified atom stereocenters. The number of hydrogen-bond acceptors (Lipinski definition) is 5. The van der Waals surface area contributed by atoms with Gasteiger partial charge in [-0.1, -0.05) is 20.8 Å². The van der Waals surface area contributed by atoms with Crippen LogP contribution in [0.4, 0.5) is 0 Å². The molecule has 0 radical (unpaired) electrons. The van der Waals surface area contributed by atoms with Crippen molar-refractivity contribution in [3.8, 4) is 0 Å². The van der Waals surface area contributed by atoms with Crippen LogP contribution < -0.4 is 10.6 Å². The number of rotatable bonds is 10. The summed E-state index contributed by atoms with van der Waals surface area (Å²) >= 11 is 0. The van der Waals surface area contributed by atoms with E-state index in [0.717, 1.165) is 77.0 Å². The largest absolute Gasteiger partial charge is 0.374 e. The molecule has 1 saturated carbocycles. The lowest BCUT2D eigenvalue weighted by Gasteiger charge is -2.43. The molecule has 2 aliphatic rings. The van der Waals surface area contributed by atoms with E-state index < -0.39 is 0 Å². The quantitative estimate of drug-likeness (QED) is 0.529. The second kappa shape index (κ2) is 10.5. The van der Waals surface area contributed by atoms with Crippen molar-refractivity contribution >= 4 is 5.91 Å². The summed E-state index contributed by atoms with van der Waals surface area (Å²) in [5.74, 6) is 0.568. The van der Waals surface area contributed by atoms with Crippen LogP contribution in [0.3, 0.4) is 0 Å². The lowest BCUT2D eigenvalue weighted by Crippen LogP contribution is -2.51. The Morgan fingerprint density at radius 2 is 2.19 bits per heavy atom. The predicted molar refractivity (Wildman–Crippen MR) is 124 cm³/mol. The van der Waals surface area contributed by atoms with Crippen LogP contribution >= 0.6 is 0 Å². The summed E-state index contributed by atoms with van der Waals surface area (Å²) in [6.07, 6.45) is 7.83. The zero-order chi connectivity index (χ0) is 22.5. The first-order chi connectivity index (χ1) is 14.8. The van der Waals surface area contributed by atoms with E-state index in [1.807, 2.05) is 13.2 Å². The van der Waals surface area contributed by atoms with E-state index in [9.17, 15) is 4.79 Å². The maximum atomic E-state index is 13.2. The molecule has 176 valence electrons. The first-order valence-electron chi connectivity index (χ1n) is 12.0. The van der Waals surface area contributed by atoms with E-state index in [0.29, 0.717) is 5.92 Å². The molecular weight excluding hydrogens is 390 g/mol. The van der Waals surface area contributed by atoms with Gasteiger partial charge in [-0.15, -0.1) is 0 Å². The summed E-state index contributed by atoms with van der Waals surface area (Å²) in [4.78, 5) is 15.5. The van der Waals surface area contributed by atoms with Gasteiger partial charge >= 0.3 is 0 Å². The zero-order valence-corrected chi connectivity index (χ0v) is 20.2. The third-order valence-corrected chi connectivity index (χ3v) is 7.05. The Morgan fingerprint density at radius 1 is 1.39 bits per heavy atom. The minimum atomic E-state index is -0.292. The van der Waals surface area contributed by atoms with E-state index in [1.54, 1.807) is 0 Å². The Morgan fingerprint density at radius 3 is 2.87 bits per heavy atom. The van der Waals surface area contributed by atoms with Crippen LogP contribution in [0.1, 0.15) is 64.1 Å². The molecule has 0 bridgehead atoms. The Balaban J connectivity index is 1.68. The minimum Gasteiger partial charge on any atom is -0.374 e. The molecule has 1 spiro atoms. The minimum absolute atomic E-state index is 0.0692. The van der Waals surface area contributed by atoms with Gasteiger partial charge in [0.25, 0.3) is 0 Å². The van der Waals surface area contributed by atoms with Gasteiger partial charge < -0.3 is 20.3 Å². The molecule has 1 aliphatic carbocycles. The van der Waals surface area contributed by atoms with E-state index in [4.69, 9.17) is 4.74 Å². The number of ether oxygens (including phenoxy) is 1. The average molecular weight is 434 g/mol.